The van der Waals surface area contributed by atoms with Gasteiger partial charge in [0.2, 0.25) is 0 Å². The minimum atomic E-state index is 0.351. The van der Waals surface area contributed by atoms with Gasteiger partial charge in [0.25, 0.3) is 0 Å². The van der Waals surface area contributed by atoms with Gasteiger partial charge in [0, 0.05) is 18.7 Å². The predicted molar refractivity (Wildman–Crippen MR) is 61.8 cm³/mol. The summed E-state index contributed by atoms with van der Waals surface area (Å²) < 4.78 is 5.37. The molecule has 1 atom stereocenters. The minimum absolute atomic E-state index is 0.351. The fraction of sp³-hybridized carbons (Fsp3) is 0.538. The predicted octanol–water partition coefficient (Wildman–Crippen LogP) is 2.35. The zero-order chi connectivity index (χ0) is 11.4. The van der Waals surface area contributed by atoms with E-state index < -0.39 is 0 Å². The molecule has 3 heteroatoms. The quantitative estimate of drug-likeness (QED) is 0.730. The smallest absolute Gasteiger partial charge is 0.168 e. The topological polar surface area (TPSA) is 39.2 Å². The van der Waals surface area contributed by atoms with Crippen molar-refractivity contribution in [2.24, 2.45) is 0 Å². The highest BCUT2D eigenvalue weighted by Crippen LogP contribution is 2.27. The van der Waals surface area contributed by atoms with Crippen LogP contribution in [-0.2, 0) is 11.2 Å². The summed E-state index contributed by atoms with van der Waals surface area (Å²) in [5.74, 6) is 0.351. The normalized spacial score (nSPS) is 19.9. The van der Waals surface area contributed by atoms with Gasteiger partial charge in [-0.25, -0.2) is 0 Å². The Labute approximate surface area is 95.8 Å². The Morgan fingerprint density at radius 1 is 1.62 bits per heavy atom. The van der Waals surface area contributed by atoms with Crippen molar-refractivity contribution in [1.29, 1.82) is 0 Å². The van der Waals surface area contributed by atoms with Crippen LogP contribution in [0.3, 0.4) is 0 Å². The number of rotatable bonds is 4. The molecule has 0 bridgehead atoms. The second kappa shape index (κ2) is 5.21. The first-order valence-corrected chi connectivity index (χ1v) is 5.87. The Morgan fingerprint density at radius 2 is 2.50 bits per heavy atom. The van der Waals surface area contributed by atoms with Gasteiger partial charge >= 0.3 is 0 Å². The number of aldehydes is 1. The number of carbonyl (C=O) groups excluding carboxylic acids is 1. The first-order chi connectivity index (χ1) is 7.85. The molecule has 2 heterocycles. The summed E-state index contributed by atoms with van der Waals surface area (Å²) in [6, 6.07) is 2.12. The van der Waals surface area contributed by atoms with Crippen LogP contribution in [0, 0.1) is 0 Å². The van der Waals surface area contributed by atoms with Gasteiger partial charge in [-0.15, -0.1) is 0 Å². The third kappa shape index (κ3) is 2.30. The van der Waals surface area contributed by atoms with E-state index in [1.54, 1.807) is 0 Å². The summed E-state index contributed by atoms with van der Waals surface area (Å²) in [5, 5.41) is 0. The van der Waals surface area contributed by atoms with Gasteiger partial charge in [-0.1, -0.05) is 19.4 Å². The maximum atomic E-state index is 10.9. The zero-order valence-corrected chi connectivity index (χ0v) is 9.61. The Balaban J connectivity index is 2.30. The van der Waals surface area contributed by atoms with E-state index in [0.717, 1.165) is 44.3 Å². The van der Waals surface area contributed by atoms with Gasteiger partial charge in [-0.05, 0) is 24.0 Å². The van der Waals surface area contributed by atoms with Crippen LogP contribution < -0.4 is 0 Å². The number of nitrogens with zero attached hydrogens (tertiary/aromatic N) is 1. The van der Waals surface area contributed by atoms with Crippen LogP contribution in [0.25, 0.3) is 0 Å². The van der Waals surface area contributed by atoms with Crippen LogP contribution in [0.1, 0.15) is 47.3 Å². The Bertz CT molecular complexity index is 370. The molecule has 3 nitrogen and oxygen atoms in total. The van der Waals surface area contributed by atoms with E-state index >= 15 is 0 Å². The molecule has 86 valence electrons. The Hall–Kier alpha value is -1.22. The average molecular weight is 219 g/mol. The minimum Gasteiger partial charge on any atom is -0.381 e. The van der Waals surface area contributed by atoms with E-state index in [0.29, 0.717) is 11.6 Å². The summed E-state index contributed by atoms with van der Waals surface area (Å²) in [6.45, 7) is 3.66. The molecule has 1 aliphatic rings. The molecule has 1 aliphatic heterocycles. The number of hydrogen-bond acceptors (Lipinski definition) is 3. The lowest BCUT2D eigenvalue weighted by Gasteiger charge is -2.11. The molecule has 1 aromatic heterocycles. The highest BCUT2D eigenvalue weighted by molar-refractivity contribution is 5.74. The van der Waals surface area contributed by atoms with Crippen LogP contribution in [0.5, 0.6) is 0 Å². The highest BCUT2D eigenvalue weighted by Gasteiger charge is 2.21. The van der Waals surface area contributed by atoms with Gasteiger partial charge in [0.15, 0.2) is 6.29 Å². The van der Waals surface area contributed by atoms with Gasteiger partial charge in [-0.3, -0.25) is 9.78 Å². The molecule has 1 unspecified atom stereocenters. The summed E-state index contributed by atoms with van der Waals surface area (Å²) in [5.41, 5.74) is 2.86. The van der Waals surface area contributed by atoms with Gasteiger partial charge < -0.3 is 4.74 Å². The molecular formula is C13H17NO2. The third-order valence-corrected chi connectivity index (χ3v) is 3.03. The third-order valence-electron chi connectivity index (χ3n) is 3.03. The van der Waals surface area contributed by atoms with E-state index in [2.05, 4.69) is 18.0 Å². The van der Waals surface area contributed by atoms with Crippen LogP contribution in [0.15, 0.2) is 12.3 Å². The fourth-order valence-electron chi connectivity index (χ4n) is 2.17. The van der Waals surface area contributed by atoms with Crippen molar-refractivity contribution in [3.63, 3.8) is 0 Å². The SMILES string of the molecule is CCCc1cnc(C=O)c(C2CCOC2)c1. The summed E-state index contributed by atoms with van der Waals surface area (Å²) >= 11 is 0. The second-order valence-corrected chi connectivity index (χ2v) is 4.25. The summed E-state index contributed by atoms with van der Waals surface area (Å²) in [6.07, 6.45) is 5.78. The van der Waals surface area contributed by atoms with Crippen molar-refractivity contribution in [3.05, 3.63) is 29.1 Å². The maximum absolute atomic E-state index is 10.9. The molecule has 0 radical (unpaired) electrons. The molecule has 0 aromatic carbocycles. The molecule has 0 amide bonds. The number of ether oxygens (including phenoxy) is 1. The van der Waals surface area contributed by atoms with Crippen LogP contribution in [0.2, 0.25) is 0 Å². The lowest BCUT2D eigenvalue weighted by atomic mass is 9.95. The number of aromatic nitrogens is 1. The molecule has 1 fully saturated rings. The van der Waals surface area contributed by atoms with Crippen molar-refractivity contribution >= 4 is 6.29 Å². The zero-order valence-electron chi connectivity index (χ0n) is 9.61. The monoisotopic (exact) mass is 219 g/mol. The van der Waals surface area contributed by atoms with Crippen molar-refractivity contribution in [1.82, 2.24) is 4.98 Å². The molecular weight excluding hydrogens is 202 g/mol. The standard InChI is InChI=1S/C13H17NO2/c1-2-3-10-6-12(11-4-5-16-9-11)13(8-15)14-7-10/h6-8,11H,2-5,9H2,1H3. The van der Waals surface area contributed by atoms with E-state index in [1.165, 1.54) is 5.56 Å². The van der Waals surface area contributed by atoms with Crippen LogP contribution >= 0.6 is 0 Å². The van der Waals surface area contributed by atoms with Crippen molar-refractivity contribution in [2.45, 2.75) is 32.1 Å². The number of hydrogen-bond donors (Lipinski definition) is 0. The molecule has 0 N–H and O–H groups in total. The van der Waals surface area contributed by atoms with Crippen LogP contribution in [-0.4, -0.2) is 24.5 Å². The molecule has 2 rings (SSSR count). The number of carbonyl (C=O) groups is 1. The van der Waals surface area contributed by atoms with E-state index in [1.807, 2.05) is 6.20 Å². The lowest BCUT2D eigenvalue weighted by molar-refractivity contribution is 0.111. The van der Waals surface area contributed by atoms with Crippen LogP contribution in [0.4, 0.5) is 0 Å². The molecule has 1 saturated heterocycles. The molecule has 1 aromatic rings. The first kappa shape index (κ1) is 11.3. The second-order valence-electron chi connectivity index (χ2n) is 4.25. The van der Waals surface area contributed by atoms with Gasteiger partial charge in [0.05, 0.1) is 6.61 Å². The lowest BCUT2D eigenvalue weighted by Crippen LogP contribution is -2.05. The fourth-order valence-corrected chi connectivity index (χ4v) is 2.17. The largest absolute Gasteiger partial charge is 0.381 e. The van der Waals surface area contributed by atoms with Crippen molar-refractivity contribution < 1.29 is 9.53 Å². The molecule has 0 aliphatic carbocycles. The molecule has 0 spiro atoms. The summed E-state index contributed by atoms with van der Waals surface area (Å²) in [7, 11) is 0. The summed E-state index contributed by atoms with van der Waals surface area (Å²) in [4.78, 5) is 15.2. The van der Waals surface area contributed by atoms with E-state index in [4.69, 9.17) is 4.74 Å². The number of pyridine rings is 1. The van der Waals surface area contributed by atoms with E-state index in [9.17, 15) is 4.79 Å². The Kier molecular flexibility index (Phi) is 3.67. The van der Waals surface area contributed by atoms with E-state index in [-0.39, 0.29) is 0 Å². The molecule has 16 heavy (non-hydrogen) atoms. The number of aryl methyl sites for hydroxylation is 1. The van der Waals surface area contributed by atoms with Gasteiger partial charge in [0.1, 0.15) is 5.69 Å². The van der Waals surface area contributed by atoms with Gasteiger partial charge in [-0.2, -0.15) is 0 Å². The average Bonchev–Trinajstić information content (AvgIpc) is 2.83. The first-order valence-electron chi connectivity index (χ1n) is 5.87. The molecule has 0 saturated carbocycles. The van der Waals surface area contributed by atoms with Crippen molar-refractivity contribution in [3.8, 4) is 0 Å². The maximum Gasteiger partial charge on any atom is 0.168 e. The van der Waals surface area contributed by atoms with Crippen molar-refractivity contribution in [2.75, 3.05) is 13.2 Å². The Morgan fingerprint density at radius 3 is 3.12 bits per heavy atom. The highest BCUT2D eigenvalue weighted by atomic mass is 16.5.